The molecule has 0 aromatic heterocycles. The van der Waals surface area contributed by atoms with Crippen LogP contribution in [0.25, 0.3) is 10.8 Å². The fourth-order valence-corrected chi connectivity index (χ4v) is 1.80. The minimum Gasteiger partial charge on any atom is -0.507 e. The Morgan fingerprint density at radius 1 is 1.15 bits per heavy atom. The number of benzene rings is 2. The van der Waals surface area contributed by atoms with Crippen molar-refractivity contribution >= 4 is 24.4 Å². The van der Waals surface area contributed by atoms with Crippen LogP contribution in [0.5, 0.6) is 5.75 Å². The number of phenols is 1. The summed E-state index contributed by atoms with van der Waals surface area (Å²) in [4.78, 5) is 0. The Kier molecular flexibility index (Phi) is 1.71. The quantitative estimate of drug-likeness (QED) is 0.665. The molecule has 2 aromatic rings. The molecule has 0 amide bonds. The molecular formula is C10H8NOP. The third-order valence-corrected chi connectivity index (χ3v) is 2.59. The van der Waals surface area contributed by atoms with Crippen molar-refractivity contribution in [2.45, 2.75) is 0 Å². The first-order chi connectivity index (χ1) is 6.83. The number of nitrogens with one attached hydrogen (secondary N) is 1. The number of hydrogen-bond acceptors (Lipinski definition) is 2. The van der Waals surface area contributed by atoms with Crippen LogP contribution in [0, 0.1) is 5.15 Å². The van der Waals surface area contributed by atoms with Crippen LogP contribution in [0.2, 0.25) is 1.41 Å². The highest BCUT2D eigenvalue weighted by Gasteiger charge is 2.01. The molecule has 2 rings (SSSR count). The molecule has 0 unspecified atom stereocenters. The van der Waals surface area contributed by atoms with Gasteiger partial charge in [0.25, 0.3) is 0 Å². The molecule has 0 atom stereocenters. The van der Waals surface area contributed by atoms with E-state index in [0.717, 1.165) is 16.1 Å². The van der Waals surface area contributed by atoms with Crippen molar-refractivity contribution in [3.8, 4) is 5.75 Å². The van der Waals surface area contributed by atoms with E-state index in [2.05, 4.69) is 5.15 Å². The lowest BCUT2D eigenvalue weighted by atomic mass is 10.1. The van der Waals surface area contributed by atoms with Gasteiger partial charge in [0.1, 0.15) is 5.75 Å². The van der Waals surface area contributed by atoms with Crippen molar-refractivity contribution in [2.75, 3.05) is 0 Å². The summed E-state index contributed by atoms with van der Waals surface area (Å²) in [6, 6.07) is 11.0. The Morgan fingerprint density at radius 3 is 2.69 bits per heavy atom. The second-order valence-electron chi connectivity index (χ2n) is 2.75. The number of hydrogen-bond donors (Lipinski definition) is 2. The predicted octanol–water partition coefficient (Wildman–Crippen LogP) is 2.88. The molecule has 0 aliphatic carbocycles. The lowest BCUT2D eigenvalue weighted by Gasteiger charge is -2.02. The lowest BCUT2D eigenvalue weighted by molar-refractivity contribution is 0.482. The first-order valence-corrected chi connectivity index (χ1v) is 4.73. The standard InChI is InChI=1S/C10H8NOP/c11-13-10-6-5-9(12)7-3-1-2-4-8(7)10/h1-6,11-12H/i/hH. The largest absolute Gasteiger partial charge is 0.507 e. The smallest absolute Gasteiger partial charge is 0.193 e. The summed E-state index contributed by atoms with van der Waals surface area (Å²) in [6.07, 6.45) is 0. The summed E-state index contributed by atoms with van der Waals surface area (Å²) >= 11 is 0. The Labute approximate surface area is 79.0 Å². The molecule has 0 fully saturated rings. The highest BCUT2D eigenvalue weighted by molar-refractivity contribution is 7.36. The maximum absolute atomic E-state index is 9.58. The molecule has 0 saturated heterocycles. The van der Waals surface area contributed by atoms with Crippen molar-refractivity contribution in [1.29, 1.82) is 5.15 Å². The van der Waals surface area contributed by atoms with Gasteiger partial charge in [0.2, 0.25) is 0 Å². The zero-order valence-corrected chi connectivity index (χ0v) is 7.70. The number of rotatable bonds is 1. The Balaban J connectivity index is 2.81. The fourth-order valence-electron chi connectivity index (χ4n) is 1.35. The number of fused-ring (bicyclic) bond motifs is 1. The molecule has 0 bridgehead atoms. The van der Waals surface area contributed by atoms with Gasteiger partial charge < -0.3 is 5.11 Å². The third kappa shape index (κ3) is 1.30. The predicted molar refractivity (Wildman–Crippen MR) is 54.9 cm³/mol. The Bertz CT molecular complexity index is 498. The maximum atomic E-state index is 9.58. The van der Waals surface area contributed by atoms with Crippen molar-refractivity contribution < 1.29 is 6.52 Å². The minimum absolute atomic E-state index is 0.268. The van der Waals surface area contributed by atoms with E-state index in [-0.39, 0.29) is 5.75 Å². The normalized spacial score (nSPS) is 12.2. The second kappa shape index (κ2) is 3.15. The van der Waals surface area contributed by atoms with E-state index >= 15 is 0 Å². The molecular weight excluding hydrogens is 181 g/mol. The van der Waals surface area contributed by atoms with E-state index in [0.29, 0.717) is 8.37 Å². The van der Waals surface area contributed by atoms with Gasteiger partial charge in [-0.25, -0.2) is 0 Å². The van der Waals surface area contributed by atoms with Gasteiger partial charge in [0.05, 0.1) is 0 Å². The summed E-state index contributed by atoms with van der Waals surface area (Å²) < 4.78 is 6.82. The summed E-state index contributed by atoms with van der Waals surface area (Å²) in [7, 11) is 0.606. The van der Waals surface area contributed by atoms with E-state index in [1.807, 2.05) is 24.3 Å². The topological polar surface area (TPSA) is 44.1 Å². The molecule has 0 aliphatic rings. The molecule has 0 saturated carbocycles. The summed E-state index contributed by atoms with van der Waals surface area (Å²) in [6.45, 7) is 0. The Morgan fingerprint density at radius 2 is 1.92 bits per heavy atom. The average molecular weight is 189 g/mol. The van der Waals surface area contributed by atoms with E-state index in [9.17, 15) is 5.11 Å². The second-order valence-corrected chi connectivity index (χ2v) is 3.43. The molecule has 0 heterocycles. The van der Waals surface area contributed by atoms with E-state index in [1.165, 1.54) is 0 Å². The molecule has 2 N–H and O–H groups in total. The van der Waals surface area contributed by atoms with Gasteiger partial charge in [0.15, 0.2) is 1.41 Å². The molecule has 64 valence electrons. The zero-order valence-electron chi connectivity index (χ0n) is 7.81. The number of aromatic hydroxyl groups is 1. The van der Waals surface area contributed by atoms with Crippen LogP contribution in [-0.4, -0.2) is 5.11 Å². The van der Waals surface area contributed by atoms with Crippen molar-refractivity contribution in [3.63, 3.8) is 0 Å². The van der Waals surface area contributed by atoms with Gasteiger partial charge in [-0.15, -0.1) is 0 Å². The monoisotopic (exact) mass is 189 g/mol. The highest BCUT2D eigenvalue weighted by Crippen LogP contribution is 2.24. The van der Waals surface area contributed by atoms with Crippen molar-refractivity contribution in [2.24, 2.45) is 0 Å². The first-order valence-electron chi connectivity index (χ1n) is 4.33. The third-order valence-electron chi connectivity index (χ3n) is 1.99. The average Bonchev–Trinajstić information content (AvgIpc) is 2.23. The van der Waals surface area contributed by atoms with Gasteiger partial charge >= 0.3 is 0 Å². The first kappa shape index (κ1) is 7.05. The Hall–Kier alpha value is -1.40. The van der Waals surface area contributed by atoms with Crippen molar-refractivity contribution in [1.82, 2.24) is 0 Å². The van der Waals surface area contributed by atoms with Gasteiger partial charge in [0, 0.05) is 19.1 Å². The highest BCUT2D eigenvalue weighted by atomic mass is 31.1. The fraction of sp³-hybridized carbons (Fsp3) is 0. The van der Waals surface area contributed by atoms with E-state index in [1.54, 1.807) is 12.1 Å². The van der Waals surface area contributed by atoms with Crippen LogP contribution in [-0.2, 0) is 0 Å². The summed E-state index contributed by atoms with van der Waals surface area (Å²) in [5.74, 6) is 0.268. The van der Waals surface area contributed by atoms with Crippen LogP contribution in [0.1, 0.15) is 0 Å². The van der Waals surface area contributed by atoms with E-state index in [4.69, 9.17) is 1.41 Å². The molecule has 2 aromatic carbocycles. The maximum Gasteiger partial charge on any atom is 0.193 e. The molecule has 13 heavy (non-hydrogen) atoms. The van der Waals surface area contributed by atoms with Crippen LogP contribution < -0.4 is 5.30 Å². The molecule has 0 spiro atoms. The summed E-state index contributed by atoms with van der Waals surface area (Å²) in [5, 5.41) is 15.6. The van der Waals surface area contributed by atoms with Crippen LogP contribution in [0.15, 0.2) is 36.4 Å². The summed E-state index contributed by atoms with van der Waals surface area (Å²) in [5.41, 5.74) is 0. The molecule has 2 nitrogen and oxygen atoms in total. The van der Waals surface area contributed by atoms with Crippen LogP contribution in [0.3, 0.4) is 0 Å². The minimum atomic E-state index is 0.268. The molecule has 0 radical (unpaired) electrons. The molecule has 0 aliphatic heterocycles. The van der Waals surface area contributed by atoms with Crippen LogP contribution >= 0.6 is 8.37 Å². The van der Waals surface area contributed by atoms with Crippen molar-refractivity contribution in [3.05, 3.63) is 36.4 Å². The van der Waals surface area contributed by atoms with Gasteiger partial charge in [-0.05, 0) is 17.5 Å². The zero-order chi connectivity index (χ0) is 9.97. The van der Waals surface area contributed by atoms with Gasteiger partial charge in [-0.1, -0.05) is 24.3 Å². The SMILES string of the molecule is [1H]N=Pc1ccc(O)c2ccccc12. The van der Waals surface area contributed by atoms with Crippen LogP contribution in [0.4, 0.5) is 0 Å². The number of phenolic OH excluding ortho intramolecular Hbond substituents is 1. The lowest BCUT2D eigenvalue weighted by Crippen LogP contribution is -1.92. The van der Waals surface area contributed by atoms with E-state index < -0.39 is 0 Å². The van der Waals surface area contributed by atoms with Gasteiger partial charge in [-0.3, -0.25) is 5.15 Å². The molecule has 3 heteroatoms. The van der Waals surface area contributed by atoms with Gasteiger partial charge in [-0.2, -0.15) is 0 Å².